The molecule has 0 radical (unpaired) electrons. The van der Waals surface area contributed by atoms with Gasteiger partial charge in [0.1, 0.15) is 0 Å². The quantitative estimate of drug-likeness (QED) is 0.568. The molecule has 1 aliphatic heterocycles. The van der Waals surface area contributed by atoms with Gasteiger partial charge in [0, 0.05) is 36.0 Å². The van der Waals surface area contributed by atoms with Crippen molar-refractivity contribution in [1.29, 1.82) is 0 Å². The van der Waals surface area contributed by atoms with Gasteiger partial charge in [-0.1, -0.05) is 42.8 Å². The summed E-state index contributed by atoms with van der Waals surface area (Å²) in [6, 6.07) is 19.4. The largest absolute Gasteiger partial charge is 0.379 e. The average Bonchev–Trinajstić information content (AvgIpc) is 3.05. The monoisotopic (exact) mass is 394 g/mol. The third kappa shape index (κ3) is 4.02. The summed E-state index contributed by atoms with van der Waals surface area (Å²) in [7, 11) is 0. The summed E-state index contributed by atoms with van der Waals surface area (Å²) in [5, 5.41) is 0.760. The van der Waals surface area contributed by atoms with Gasteiger partial charge in [-0.25, -0.2) is 0 Å². The highest BCUT2D eigenvalue weighted by Gasteiger charge is 2.18. The molecule has 0 aliphatic carbocycles. The maximum absolute atomic E-state index is 6.14. The molecule has 3 nitrogen and oxygen atoms in total. The lowest BCUT2D eigenvalue weighted by Crippen LogP contribution is -2.35. The molecule has 1 aliphatic rings. The van der Waals surface area contributed by atoms with Crippen molar-refractivity contribution in [2.45, 2.75) is 26.8 Å². The predicted molar refractivity (Wildman–Crippen MR) is 116 cm³/mol. The van der Waals surface area contributed by atoms with Crippen LogP contribution in [0.1, 0.15) is 23.7 Å². The highest BCUT2D eigenvalue weighted by Crippen LogP contribution is 2.31. The maximum atomic E-state index is 6.14. The Morgan fingerprint density at radius 2 is 1.64 bits per heavy atom. The van der Waals surface area contributed by atoms with Gasteiger partial charge in [0.25, 0.3) is 0 Å². The van der Waals surface area contributed by atoms with E-state index >= 15 is 0 Å². The summed E-state index contributed by atoms with van der Waals surface area (Å²) in [6.45, 7) is 8.99. The first-order chi connectivity index (χ1) is 13.7. The first-order valence-electron chi connectivity index (χ1n) is 10.0. The molecule has 146 valence electrons. The van der Waals surface area contributed by atoms with E-state index in [0.717, 1.165) is 50.0 Å². The van der Waals surface area contributed by atoms with Crippen molar-refractivity contribution in [3.05, 3.63) is 76.4 Å². The molecule has 0 bridgehead atoms. The molecule has 0 amide bonds. The summed E-state index contributed by atoms with van der Waals surface area (Å²) in [4.78, 5) is 2.47. The Balaban J connectivity index is 1.77. The molecule has 2 heterocycles. The molecule has 0 saturated carbocycles. The van der Waals surface area contributed by atoms with Crippen LogP contribution in [0.3, 0.4) is 0 Å². The number of aryl methyl sites for hydroxylation is 1. The predicted octanol–water partition coefficient (Wildman–Crippen LogP) is 5.50. The second-order valence-electron chi connectivity index (χ2n) is 7.39. The standard InChI is InChI=1S/C24H27ClN2O/c1-3-19-4-6-20(7-5-19)24-16-21(17-26-12-14-28-15-13-26)18(2)27(24)23-10-8-22(25)9-11-23/h4-11,16H,3,12-15,17H2,1-2H3. The fourth-order valence-corrected chi connectivity index (χ4v) is 3.99. The second-order valence-corrected chi connectivity index (χ2v) is 7.83. The van der Waals surface area contributed by atoms with E-state index < -0.39 is 0 Å². The Bertz CT molecular complexity index is 922. The number of hydrogen-bond donors (Lipinski definition) is 0. The number of morpholine rings is 1. The highest BCUT2D eigenvalue weighted by atomic mass is 35.5. The molecule has 0 unspecified atom stereocenters. The van der Waals surface area contributed by atoms with Crippen molar-refractivity contribution in [3.63, 3.8) is 0 Å². The van der Waals surface area contributed by atoms with Gasteiger partial charge < -0.3 is 9.30 Å². The molecule has 2 aromatic carbocycles. The van der Waals surface area contributed by atoms with Gasteiger partial charge in [-0.2, -0.15) is 0 Å². The number of benzene rings is 2. The van der Waals surface area contributed by atoms with Gasteiger partial charge in [0.2, 0.25) is 0 Å². The topological polar surface area (TPSA) is 17.4 Å². The zero-order chi connectivity index (χ0) is 19.5. The third-order valence-electron chi connectivity index (χ3n) is 5.59. The Morgan fingerprint density at radius 3 is 2.29 bits per heavy atom. The third-order valence-corrected chi connectivity index (χ3v) is 5.84. The normalized spacial score (nSPS) is 15.1. The van der Waals surface area contributed by atoms with Gasteiger partial charge in [-0.3, -0.25) is 4.90 Å². The molecule has 0 atom stereocenters. The lowest BCUT2D eigenvalue weighted by molar-refractivity contribution is 0.0341. The maximum Gasteiger partial charge on any atom is 0.0594 e. The fraction of sp³-hybridized carbons (Fsp3) is 0.333. The van der Waals surface area contributed by atoms with Gasteiger partial charge in [0.05, 0.1) is 18.9 Å². The molecule has 1 saturated heterocycles. The minimum atomic E-state index is 0.760. The van der Waals surface area contributed by atoms with Crippen LogP contribution in [0.4, 0.5) is 0 Å². The van der Waals surface area contributed by atoms with Gasteiger partial charge in [-0.05, 0) is 60.4 Å². The van der Waals surface area contributed by atoms with E-state index in [9.17, 15) is 0 Å². The van der Waals surface area contributed by atoms with Crippen molar-refractivity contribution in [2.24, 2.45) is 0 Å². The zero-order valence-electron chi connectivity index (χ0n) is 16.6. The van der Waals surface area contributed by atoms with Gasteiger partial charge in [0.15, 0.2) is 0 Å². The van der Waals surface area contributed by atoms with E-state index in [1.807, 2.05) is 12.1 Å². The zero-order valence-corrected chi connectivity index (χ0v) is 17.4. The van der Waals surface area contributed by atoms with E-state index in [4.69, 9.17) is 16.3 Å². The van der Waals surface area contributed by atoms with E-state index in [1.165, 1.54) is 28.1 Å². The van der Waals surface area contributed by atoms with Crippen LogP contribution < -0.4 is 0 Å². The number of aromatic nitrogens is 1. The van der Waals surface area contributed by atoms with E-state index in [2.05, 4.69) is 65.8 Å². The summed E-state index contributed by atoms with van der Waals surface area (Å²) in [5.74, 6) is 0. The van der Waals surface area contributed by atoms with Gasteiger partial charge >= 0.3 is 0 Å². The molecule has 1 fully saturated rings. The molecule has 4 rings (SSSR count). The first-order valence-corrected chi connectivity index (χ1v) is 10.4. The van der Waals surface area contributed by atoms with Crippen LogP contribution in [0.2, 0.25) is 5.02 Å². The minimum absolute atomic E-state index is 0.760. The molecular formula is C24H27ClN2O. The highest BCUT2D eigenvalue weighted by molar-refractivity contribution is 6.30. The Kier molecular flexibility index (Phi) is 5.86. The fourth-order valence-electron chi connectivity index (χ4n) is 3.87. The van der Waals surface area contributed by atoms with E-state index in [0.29, 0.717) is 0 Å². The van der Waals surface area contributed by atoms with Crippen molar-refractivity contribution < 1.29 is 4.74 Å². The Morgan fingerprint density at radius 1 is 0.964 bits per heavy atom. The van der Waals surface area contributed by atoms with Crippen molar-refractivity contribution >= 4 is 11.6 Å². The lowest BCUT2D eigenvalue weighted by atomic mass is 10.1. The number of halogens is 1. The minimum Gasteiger partial charge on any atom is -0.379 e. The van der Waals surface area contributed by atoms with Crippen LogP contribution in [0.15, 0.2) is 54.6 Å². The molecular weight excluding hydrogens is 368 g/mol. The second kappa shape index (κ2) is 8.52. The van der Waals surface area contributed by atoms with Crippen molar-refractivity contribution in [2.75, 3.05) is 26.3 Å². The molecule has 0 spiro atoms. The molecule has 1 aromatic heterocycles. The number of rotatable bonds is 5. The van der Waals surface area contributed by atoms with Gasteiger partial charge in [-0.15, -0.1) is 0 Å². The summed E-state index contributed by atoms with van der Waals surface area (Å²) in [5.41, 5.74) is 7.62. The number of nitrogens with zero attached hydrogens (tertiary/aromatic N) is 2. The molecule has 4 heteroatoms. The van der Waals surface area contributed by atoms with Crippen LogP contribution in [-0.4, -0.2) is 35.8 Å². The Labute approximate surface area is 172 Å². The van der Waals surface area contributed by atoms with Crippen molar-refractivity contribution in [1.82, 2.24) is 9.47 Å². The van der Waals surface area contributed by atoms with Crippen LogP contribution in [0.5, 0.6) is 0 Å². The SMILES string of the molecule is CCc1ccc(-c2cc(CN3CCOCC3)c(C)n2-c2ccc(Cl)cc2)cc1. The average molecular weight is 395 g/mol. The smallest absolute Gasteiger partial charge is 0.0594 e. The van der Waals surface area contributed by atoms with Crippen LogP contribution >= 0.6 is 11.6 Å². The first kappa shape index (κ1) is 19.3. The van der Waals surface area contributed by atoms with Crippen molar-refractivity contribution in [3.8, 4) is 16.9 Å². The van der Waals surface area contributed by atoms with E-state index in [-0.39, 0.29) is 0 Å². The summed E-state index contributed by atoms with van der Waals surface area (Å²) < 4.78 is 7.86. The molecule has 28 heavy (non-hydrogen) atoms. The van der Waals surface area contributed by atoms with Crippen LogP contribution in [0.25, 0.3) is 16.9 Å². The summed E-state index contributed by atoms with van der Waals surface area (Å²) >= 11 is 6.14. The van der Waals surface area contributed by atoms with Crippen LogP contribution in [0, 0.1) is 6.92 Å². The summed E-state index contributed by atoms with van der Waals surface area (Å²) in [6.07, 6.45) is 1.06. The molecule has 3 aromatic rings. The molecule has 0 N–H and O–H groups in total. The number of ether oxygens (including phenoxy) is 1. The lowest BCUT2D eigenvalue weighted by Gasteiger charge is -2.26. The van der Waals surface area contributed by atoms with Crippen LogP contribution in [-0.2, 0) is 17.7 Å². The van der Waals surface area contributed by atoms with E-state index in [1.54, 1.807) is 0 Å². The Hall–Kier alpha value is -2.07. The number of hydrogen-bond acceptors (Lipinski definition) is 2.